The minimum absolute atomic E-state index is 0.0387. The first-order valence-corrected chi connectivity index (χ1v) is 20.1. The van der Waals surface area contributed by atoms with Crippen molar-refractivity contribution in [2.75, 3.05) is 11.4 Å². The number of carbonyl (C=O) groups is 2. The number of anilines is 1. The molecule has 4 aliphatic rings. The molecule has 2 aliphatic carbocycles. The van der Waals surface area contributed by atoms with Crippen LogP contribution in [0.2, 0.25) is 0 Å². The number of nitrogens with zero attached hydrogens (tertiary/aromatic N) is 2. The second-order valence-corrected chi connectivity index (χ2v) is 17.6. The molecule has 2 aromatic carbocycles. The third-order valence-corrected chi connectivity index (χ3v) is 12.3. The van der Waals surface area contributed by atoms with E-state index in [0.717, 1.165) is 69.1 Å². The lowest BCUT2D eigenvalue weighted by Crippen LogP contribution is -2.38. The molecule has 0 bridgehead atoms. The molecule has 3 heterocycles. The zero-order valence-corrected chi connectivity index (χ0v) is 31.6. The van der Waals surface area contributed by atoms with Crippen LogP contribution in [0.25, 0.3) is 0 Å². The summed E-state index contributed by atoms with van der Waals surface area (Å²) < 4.78 is 8.52. The Morgan fingerprint density at radius 1 is 0.962 bits per heavy atom. The molecular formula is C45H58N2O5. The van der Waals surface area contributed by atoms with Crippen LogP contribution >= 0.6 is 0 Å². The fraction of sp³-hybridized carbons (Fsp3) is 0.578. The van der Waals surface area contributed by atoms with Gasteiger partial charge < -0.3 is 19.3 Å². The number of pyridine rings is 1. The molecule has 3 fully saturated rings. The minimum Gasteiger partial charge on any atom is -0.487 e. The molecule has 7 rings (SSSR count). The van der Waals surface area contributed by atoms with Gasteiger partial charge in [0.15, 0.2) is 5.78 Å². The highest BCUT2D eigenvalue weighted by Crippen LogP contribution is 2.50. The summed E-state index contributed by atoms with van der Waals surface area (Å²) in [5, 5.41) is 12.1. The largest absolute Gasteiger partial charge is 0.487 e. The number of benzene rings is 2. The van der Waals surface area contributed by atoms with Crippen LogP contribution in [-0.4, -0.2) is 39.6 Å². The number of amides is 1. The lowest BCUT2D eigenvalue weighted by atomic mass is 9.76. The molecule has 1 spiro atoms. The summed E-state index contributed by atoms with van der Waals surface area (Å²) in [6.07, 6.45) is 14.7. The second-order valence-electron chi connectivity index (χ2n) is 17.6. The Hall–Kier alpha value is -3.71. The molecule has 7 nitrogen and oxygen atoms in total. The number of ketones is 1. The Kier molecular flexibility index (Phi) is 10.8. The highest BCUT2D eigenvalue weighted by molar-refractivity contribution is 5.99. The van der Waals surface area contributed by atoms with Crippen LogP contribution < -0.4 is 15.2 Å². The van der Waals surface area contributed by atoms with Gasteiger partial charge in [-0.05, 0) is 123 Å². The van der Waals surface area contributed by atoms with Crippen molar-refractivity contribution in [3.8, 4) is 5.75 Å². The molecule has 52 heavy (non-hydrogen) atoms. The van der Waals surface area contributed by atoms with Crippen molar-refractivity contribution < 1.29 is 19.4 Å². The lowest BCUT2D eigenvalue weighted by molar-refractivity contribution is -0.117. The minimum atomic E-state index is -0.687. The number of Topliss-reactive ketones (excluding diaryl/α,β-unsaturated/α-hetero) is 1. The van der Waals surface area contributed by atoms with E-state index in [1.165, 1.54) is 24.0 Å². The monoisotopic (exact) mass is 706 g/mol. The van der Waals surface area contributed by atoms with Gasteiger partial charge in [-0.2, -0.15) is 0 Å². The number of aliphatic hydroxyl groups is 1. The molecule has 7 heteroatoms. The number of rotatable bonds is 12. The van der Waals surface area contributed by atoms with Gasteiger partial charge in [0.2, 0.25) is 5.91 Å². The van der Waals surface area contributed by atoms with Crippen LogP contribution in [0.15, 0.2) is 65.6 Å². The fourth-order valence-corrected chi connectivity index (χ4v) is 9.66. The van der Waals surface area contributed by atoms with E-state index < -0.39 is 6.10 Å². The average molecular weight is 707 g/mol. The van der Waals surface area contributed by atoms with Crippen LogP contribution in [0.4, 0.5) is 5.69 Å². The molecule has 0 unspecified atom stereocenters. The van der Waals surface area contributed by atoms with Crippen LogP contribution in [0.1, 0.15) is 150 Å². The predicted octanol–water partition coefficient (Wildman–Crippen LogP) is 9.13. The molecule has 278 valence electrons. The molecular weight excluding hydrogens is 649 g/mol. The second kappa shape index (κ2) is 15.3. The van der Waals surface area contributed by atoms with E-state index in [9.17, 15) is 19.5 Å². The third kappa shape index (κ3) is 8.25. The summed E-state index contributed by atoms with van der Waals surface area (Å²) in [7, 11) is 0. The van der Waals surface area contributed by atoms with Crippen molar-refractivity contribution in [1.82, 2.24) is 4.57 Å². The van der Waals surface area contributed by atoms with E-state index in [2.05, 4.69) is 51.1 Å². The van der Waals surface area contributed by atoms with Gasteiger partial charge in [0.05, 0.1) is 6.10 Å². The van der Waals surface area contributed by atoms with Crippen molar-refractivity contribution in [3.05, 3.63) is 93.4 Å². The number of carbonyl (C=O) groups excluding carboxylic acids is 2. The molecule has 2 aliphatic heterocycles. The van der Waals surface area contributed by atoms with E-state index in [1.807, 2.05) is 18.2 Å². The fourth-order valence-electron chi connectivity index (χ4n) is 9.66. The smallest absolute Gasteiger partial charge is 0.274 e. The van der Waals surface area contributed by atoms with Crippen molar-refractivity contribution in [3.63, 3.8) is 0 Å². The molecule has 1 amide bonds. The summed E-state index contributed by atoms with van der Waals surface area (Å²) in [4.78, 5) is 42.5. The number of aromatic nitrogens is 1. The lowest BCUT2D eigenvalue weighted by Gasteiger charge is -2.41. The van der Waals surface area contributed by atoms with Crippen molar-refractivity contribution in [1.29, 1.82) is 0 Å². The van der Waals surface area contributed by atoms with Gasteiger partial charge in [0, 0.05) is 37.2 Å². The van der Waals surface area contributed by atoms with Crippen molar-refractivity contribution in [2.45, 2.75) is 147 Å². The zero-order valence-electron chi connectivity index (χ0n) is 31.6. The van der Waals surface area contributed by atoms with Gasteiger partial charge in [-0.3, -0.25) is 14.4 Å². The van der Waals surface area contributed by atoms with Crippen molar-refractivity contribution >= 4 is 17.4 Å². The number of hydrogen-bond donors (Lipinski definition) is 1. The van der Waals surface area contributed by atoms with Crippen LogP contribution in [0, 0.1) is 11.3 Å². The molecule has 1 N–H and O–H groups in total. The van der Waals surface area contributed by atoms with E-state index in [4.69, 9.17) is 4.74 Å². The van der Waals surface area contributed by atoms with Crippen LogP contribution in [0.3, 0.4) is 0 Å². The number of ether oxygens (including phenoxy) is 1. The van der Waals surface area contributed by atoms with E-state index in [-0.39, 0.29) is 52.6 Å². The Balaban J connectivity index is 1.15. The summed E-state index contributed by atoms with van der Waals surface area (Å²) >= 11 is 0. The highest BCUT2D eigenvalue weighted by Gasteiger charge is 2.43. The van der Waals surface area contributed by atoms with Crippen LogP contribution in [-0.2, 0) is 17.6 Å². The standard InChI is InChI=1S/C45H58N2O5/c1-44(2,3)28-32-17-20-41-37(25-32)33(29-45(52-41)21-9-10-22-45)18-19-39(48)34(24-31-12-5-4-6-13-31)27-40(49)35-26-38(46-23-11-16-42(46)50)43(51)47(30-35)36-14-7-8-15-36/h4-6,12-13,17,20,25-26,30,33-34,36,39,48H,7-11,14-16,18-19,21-24,27-29H2,1-3H3/t33-,34+,39+/m0/s1. The topological polar surface area (TPSA) is 88.8 Å². The first-order chi connectivity index (χ1) is 25.0. The first kappa shape index (κ1) is 36.6. The van der Waals surface area contributed by atoms with Gasteiger partial charge in [0.25, 0.3) is 5.56 Å². The summed E-state index contributed by atoms with van der Waals surface area (Å²) in [5.74, 6) is 0.834. The van der Waals surface area contributed by atoms with E-state index in [0.29, 0.717) is 43.5 Å². The maximum atomic E-state index is 14.3. The van der Waals surface area contributed by atoms with E-state index >= 15 is 0 Å². The maximum absolute atomic E-state index is 14.3. The highest BCUT2D eigenvalue weighted by atomic mass is 16.5. The molecule has 3 atom stereocenters. The zero-order chi connectivity index (χ0) is 36.5. The van der Waals surface area contributed by atoms with E-state index in [1.54, 1.807) is 21.7 Å². The Bertz CT molecular complexity index is 1790. The molecule has 1 saturated heterocycles. The third-order valence-electron chi connectivity index (χ3n) is 12.3. The summed E-state index contributed by atoms with van der Waals surface area (Å²) in [6.45, 7) is 7.32. The Morgan fingerprint density at radius 2 is 1.71 bits per heavy atom. The number of fused-ring (bicyclic) bond motifs is 1. The summed E-state index contributed by atoms with van der Waals surface area (Å²) in [5.41, 5.74) is 4.34. The number of aliphatic hydroxyl groups excluding tert-OH is 1. The average Bonchev–Trinajstić information content (AvgIpc) is 3.90. The van der Waals surface area contributed by atoms with Gasteiger partial charge in [-0.15, -0.1) is 0 Å². The molecule has 1 aromatic heterocycles. The number of hydrogen-bond acceptors (Lipinski definition) is 5. The van der Waals surface area contributed by atoms with Gasteiger partial charge in [0.1, 0.15) is 17.0 Å². The first-order valence-electron chi connectivity index (χ1n) is 20.1. The summed E-state index contributed by atoms with van der Waals surface area (Å²) in [6, 6.07) is 18.6. The normalized spacial score (nSPS) is 21.3. The molecule has 0 radical (unpaired) electrons. The van der Waals surface area contributed by atoms with Gasteiger partial charge >= 0.3 is 0 Å². The molecule has 3 aromatic rings. The SMILES string of the molecule is CC(C)(C)Cc1ccc2c(c1)[C@@H](CC[C@@H](O)[C@@H](CC(=O)c1cc(N3CCCC3=O)c(=O)n(C3CCCC3)c1)Cc1ccccc1)CC1(CCCC1)O2. The quantitative estimate of drug-likeness (QED) is 0.190. The predicted molar refractivity (Wildman–Crippen MR) is 206 cm³/mol. The molecule has 2 saturated carbocycles. The van der Waals surface area contributed by atoms with Crippen LogP contribution in [0.5, 0.6) is 5.75 Å². The Morgan fingerprint density at radius 3 is 2.40 bits per heavy atom. The van der Waals surface area contributed by atoms with Gasteiger partial charge in [-0.1, -0.05) is 76.1 Å². The maximum Gasteiger partial charge on any atom is 0.274 e. The van der Waals surface area contributed by atoms with Gasteiger partial charge in [-0.25, -0.2) is 0 Å². The Labute approximate surface area is 309 Å². The van der Waals surface area contributed by atoms with Crippen molar-refractivity contribution in [2.24, 2.45) is 11.3 Å².